The first kappa shape index (κ1) is 17.0. The highest BCUT2D eigenvalue weighted by atomic mass is 28.4. The van der Waals surface area contributed by atoms with Gasteiger partial charge in [0.05, 0.1) is 6.61 Å². The van der Waals surface area contributed by atoms with E-state index in [9.17, 15) is 0 Å². The molecule has 3 N–H and O–H groups in total. The smallest absolute Gasteiger partial charge is 0.395 e. The van der Waals surface area contributed by atoms with Crippen molar-refractivity contribution in [2.24, 2.45) is 0 Å². The molecule has 0 heterocycles. The van der Waals surface area contributed by atoms with E-state index in [2.05, 4.69) is 10.6 Å². The fraction of sp³-hybridized carbons (Fsp3) is 1.00. The van der Waals surface area contributed by atoms with E-state index in [0.29, 0.717) is 6.54 Å². The standard InChI is InChI=1S/C10H26N2O4Si/c1-14-17(15-2,16-3)10-4-5-11-6-7-12-8-9-13/h11-13H,4-10H2,1-3H3. The molecule has 0 radical (unpaired) electrons. The van der Waals surface area contributed by atoms with Crippen molar-refractivity contribution in [3.05, 3.63) is 0 Å². The second-order valence-corrected chi connectivity index (χ2v) is 6.71. The molecule has 0 bridgehead atoms. The number of hydrogen-bond acceptors (Lipinski definition) is 6. The fourth-order valence-corrected chi connectivity index (χ4v) is 3.21. The van der Waals surface area contributed by atoms with Gasteiger partial charge in [0.2, 0.25) is 0 Å². The molecule has 0 saturated heterocycles. The van der Waals surface area contributed by atoms with Crippen LogP contribution in [0.2, 0.25) is 6.04 Å². The lowest BCUT2D eigenvalue weighted by atomic mass is 10.4. The van der Waals surface area contributed by atoms with Crippen LogP contribution in [-0.4, -0.2) is 68.0 Å². The second-order valence-electron chi connectivity index (χ2n) is 3.62. The molecule has 0 aromatic heterocycles. The summed E-state index contributed by atoms with van der Waals surface area (Å²) >= 11 is 0. The second kappa shape index (κ2) is 11.1. The van der Waals surface area contributed by atoms with E-state index in [1.54, 1.807) is 21.3 Å². The molecule has 0 rings (SSSR count). The Balaban J connectivity index is 3.43. The molecule has 0 amide bonds. The highest BCUT2D eigenvalue weighted by molar-refractivity contribution is 6.60. The molecule has 0 aliphatic heterocycles. The summed E-state index contributed by atoms with van der Waals surface area (Å²) in [6.45, 7) is 3.49. The van der Waals surface area contributed by atoms with E-state index in [0.717, 1.165) is 32.1 Å². The molecule has 0 aliphatic rings. The minimum Gasteiger partial charge on any atom is -0.395 e. The van der Waals surface area contributed by atoms with Gasteiger partial charge in [-0.1, -0.05) is 0 Å². The van der Waals surface area contributed by atoms with E-state index < -0.39 is 8.80 Å². The predicted octanol–water partition coefficient (Wildman–Crippen LogP) is -0.574. The summed E-state index contributed by atoms with van der Waals surface area (Å²) in [5.74, 6) is 0. The first-order chi connectivity index (χ1) is 8.24. The highest BCUT2D eigenvalue weighted by Gasteiger charge is 2.36. The lowest BCUT2D eigenvalue weighted by Crippen LogP contribution is -2.43. The zero-order valence-corrected chi connectivity index (χ0v) is 12.1. The molecule has 17 heavy (non-hydrogen) atoms. The summed E-state index contributed by atoms with van der Waals surface area (Å²) in [6, 6.07) is 0.813. The van der Waals surface area contributed by atoms with Crippen LogP contribution in [0.4, 0.5) is 0 Å². The normalized spacial score (nSPS) is 12.0. The lowest BCUT2D eigenvalue weighted by molar-refractivity contribution is 0.123. The van der Waals surface area contributed by atoms with Crippen molar-refractivity contribution in [2.45, 2.75) is 12.5 Å². The number of aliphatic hydroxyl groups is 1. The van der Waals surface area contributed by atoms with Gasteiger partial charge >= 0.3 is 8.80 Å². The zero-order chi connectivity index (χ0) is 13.0. The van der Waals surface area contributed by atoms with Crippen LogP contribution in [0.1, 0.15) is 6.42 Å². The van der Waals surface area contributed by atoms with Crippen molar-refractivity contribution in [3.8, 4) is 0 Å². The quantitative estimate of drug-likeness (QED) is 0.324. The van der Waals surface area contributed by atoms with Crippen LogP contribution in [0, 0.1) is 0 Å². The summed E-state index contributed by atoms with van der Waals surface area (Å²) in [5, 5.41) is 15.0. The number of hydrogen-bond donors (Lipinski definition) is 3. The first-order valence-electron chi connectivity index (χ1n) is 5.92. The van der Waals surface area contributed by atoms with Gasteiger partial charge in [-0.25, -0.2) is 0 Å². The van der Waals surface area contributed by atoms with Crippen LogP contribution >= 0.6 is 0 Å². The molecule has 0 aromatic carbocycles. The van der Waals surface area contributed by atoms with E-state index in [4.69, 9.17) is 18.4 Å². The van der Waals surface area contributed by atoms with Crippen molar-refractivity contribution >= 4 is 8.80 Å². The van der Waals surface area contributed by atoms with Gasteiger partial charge in [0.15, 0.2) is 0 Å². The molecule has 0 saturated carbocycles. The molecule has 0 aliphatic carbocycles. The Morgan fingerprint density at radius 2 is 1.41 bits per heavy atom. The average molecular weight is 266 g/mol. The van der Waals surface area contributed by atoms with Gasteiger partial charge in [-0.3, -0.25) is 0 Å². The summed E-state index contributed by atoms with van der Waals surface area (Å²) in [5.41, 5.74) is 0. The third kappa shape index (κ3) is 7.82. The van der Waals surface area contributed by atoms with Gasteiger partial charge in [0, 0.05) is 47.0 Å². The van der Waals surface area contributed by atoms with E-state index in [1.165, 1.54) is 0 Å². The molecule has 104 valence electrons. The Hall–Kier alpha value is -0.0231. The van der Waals surface area contributed by atoms with Crippen LogP contribution < -0.4 is 10.6 Å². The van der Waals surface area contributed by atoms with Crippen molar-refractivity contribution in [1.82, 2.24) is 10.6 Å². The molecule has 0 fully saturated rings. The fourth-order valence-electron chi connectivity index (χ4n) is 1.49. The minimum atomic E-state index is -2.39. The SMILES string of the molecule is CO[Si](CCCNCCNCCO)(OC)OC. The van der Waals surface area contributed by atoms with Crippen molar-refractivity contribution in [1.29, 1.82) is 0 Å². The molecular weight excluding hydrogens is 240 g/mol. The number of rotatable bonds is 12. The number of aliphatic hydroxyl groups excluding tert-OH is 1. The van der Waals surface area contributed by atoms with Crippen molar-refractivity contribution < 1.29 is 18.4 Å². The first-order valence-corrected chi connectivity index (χ1v) is 7.85. The lowest BCUT2D eigenvalue weighted by Gasteiger charge is -2.24. The van der Waals surface area contributed by atoms with Crippen LogP contribution in [-0.2, 0) is 13.3 Å². The van der Waals surface area contributed by atoms with E-state index in [1.807, 2.05) is 0 Å². The Labute approximate surface area is 105 Å². The third-order valence-corrected chi connectivity index (χ3v) is 5.37. The molecule has 0 atom stereocenters. The van der Waals surface area contributed by atoms with Gasteiger partial charge in [0.25, 0.3) is 0 Å². The largest absolute Gasteiger partial charge is 0.500 e. The van der Waals surface area contributed by atoms with Crippen molar-refractivity contribution in [3.63, 3.8) is 0 Å². The maximum absolute atomic E-state index is 8.56. The topological polar surface area (TPSA) is 72.0 Å². The Morgan fingerprint density at radius 3 is 1.88 bits per heavy atom. The van der Waals surface area contributed by atoms with Crippen LogP contribution in [0.15, 0.2) is 0 Å². The van der Waals surface area contributed by atoms with Gasteiger partial charge < -0.3 is 29.0 Å². The molecular formula is C10H26N2O4Si. The van der Waals surface area contributed by atoms with Crippen LogP contribution in [0.5, 0.6) is 0 Å². The molecule has 0 unspecified atom stereocenters. The average Bonchev–Trinajstić information content (AvgIpc) is 2.38. The van der Waals surface area contributed by atoms with Crippen molar-refractivity contribution in [2.75, 3.05) is 54.1 Å². The maximum atomic E-state index is 8.56. The zero-order valence-electron chi connectivity index (χ0n) is 11.1. The van der Waals surface area contributed by atoms with Crippen LogP contribution in [0.25, 0.3) is 0 Å². The summed E-state index contributed by atoms with van der Waals surface area (Å²) < 4.78 is 16.0. The maximum Gasteiger partial charge on any atom is 0.500 e. The summed E-state index contributed by atoms with van der Waals surface area (Å²) in [6.07, 6.45) is 0.960. The molecule has 0 aromatic rings. The van der Waals surface area contributed by atoms with E-state index in [-0.39, 0.29) is 6.61 Å². The van der Waals surface area contributed by atoms with Gasteiger partial charge in [-0.05, 0) is 13.0 Å². The predicted molar refractivity (Wildman–Crippen MR) is 69.0 cm³/mol. The van der Waals surface area contributed by atoms with Gasteiger partial charge in [-0.2, -0.15) is 0 Å². The van der Waals surface area contributed by atoms with Gasteiger partial charge in [-0.15, -0.1) is 0 Å². The Morgan fingerprint density at radius 1 is 0.882 bits per heavy atom. The van der Waals surface area contributed by atoms with E-state index >= 15 is 0 Å². The minimum absolute atomic E-state index is 0.184. The Kier molecular flexibility index (Phi) is 11.1. The Bertz CT molecular complexity index is 162. The summed E-state index contributed by atoms with van der Waals surface area (Å²) in [4.78, 5) is 0. The molecule has 6 nitrogen and oxygen atoms in total. The number of nitrogens with one attached hydrogen (secondary N) is 2. The monoisotopic (exact) mass is 266 g/mol. The van der Waals surface area contributed by atoms with Gasteiger partial charge in [0.1, 0.15) is 0 Å². The van der Waals surface area contributed by atoms with Crippen LogP contribution in [0.3, 0.4) is 0 Å². The summed E-state index contributed by atoms with van der Waals surface area (Å²) in [7, 11) is 2.50. The molecule has 7 heteroatoms. The molecule has 0 spiro atoms. The third-order valence-electron chi connectivity index (χ3n) is 2.54. The highest BCUT2D eigenvalue weighted by Crippen LogP contribution is 2.14.